The standard InChI is InChI=1S/C6H12O15S3.3Na/c7-3-2(1-18-22(9,10)11)19-6(8)5(21-24(15,16)17)4(3)20-23(12,13)14;;;/h2-8H,1H2,(H,9,10,11)(H,12,13,14)(H,15,16,17);;;/q;3*+1/p-3/t2-,3-,4+,5-,6-;;;/m1.../s1. The molecule has 0 unspecified atom stereocenters. The van der Waals surface area contributed by atoms with E-state index in [1.54, 1.807) is 0 Å². The van der Waals surface area contributed by atoms with Gasteiger partial charge in [-0.25, -0.2) is 25.3 Å². The van der Waals surface area contributed by atoms with Crippen LogP contribution in [-0.4, -0.2) is 86.4 Å². The second kappa shape index (κ2) is 13.1. The predicted molar refractivity (Wildman–Crippen MR) is 61.7 cm³/mol. The van der Waals surface area contributed by atoms with Crippen molar-refractivity contribution in [3.05, 3.63) is 0 Å². The molecule has 0 radical (unpaired) electrons. The Kier molecular flexibility index (Phi) is 16.6. The summed E-state index contributed by atoms with van der Waals surface area (Å²) in [6.07, 6.45) is -11.8. The Bertz CT molecular complexity index is 750. The average Bonchev–Trinajstić information content (AvgIpc) is 2.32. The fourth-order valence-electron chi connectivity index (χ4n) is 1.68. The van der Waals surface area contributed by atoms with Crippen LogP contribution in [0.25, 0.3) is 0 Å². The van der Waals surface area contributed by atoms with Crippen molar-refractivity contribution in [3.8, 4) is 0 Å². The molecule has 0 spiro atoms. The molecule has 2 N–H and O–H groups in total. The second-order valence-electron chi connectivity index (χ2n) is 4.19. The van der Waals surface area contributed by atoms with Gasteiger partial charge >= 0.3 is 88.7 Å². The number of rotatable bonds is 7. The maximum absolute atomic E-state index is 10.6. The van der Waals surface area contributed by atoms with E-state index in [4.69, 9.17) is 0 Å². The van der Waals surface area contributed by atoms with Crippen molar-refractivity contribution in [2.45, 2.75) is 30.7 Å². The van der Waals surface area contributed by atoms with Crippen LogP contribution in [0.15, 0.2) is 0 Å². The quantitative estimate of drug-likeness (QED) is 0.192. The zero-order chi connectivity index (χ0) is 18.9. The topological polar surface area (TPSA) is 249 Å². The fourth-order valence-corrected chi connectivity index (χ4v) is 2.95. The van der Waals surface area contributed by atoms with Gasteiger partial charge in [-0.1, -0.05) is 0 Å². The Morgan fingerprint density at radius 1 is 0.778 bits per heavy atom. The molecule has 1 rings (SSSR count). The van der Waals surface area contributed by atoms with E-state index in [-0.39, 0.29) is 88.7 Å². The molecule has 1 heterocycles. The first-order valence-electron chi connectivity index (χ1n) is 5.49. The maximum atomic E-state index is 10.6. The van der Waals surface area contributed by atoms with E-state index in [1.807, 2.05) is 0 Å². The third-order valence-corrected chi connectivity index (χ3v) is 3.81. The van der Waals surface area contributed by atoms with E-state index in [0.717, 1.165) is 0 Å². The molecule has 0 aromatic carbocycles. The van der Waals surface area contributed by atoms with Crippen molar-refractivity contribution >= 4 is 31.2 Å². The molecule has 1 saturated heterocycles. The van der Waals surface area contributed by atoms with Crippen molar-refractivity contribution in [2.24, 2.45) is 0 Å². The molecule has 15 nitrogen and oxygen atoms in total. The van der Waals surface area contributed by atoms with Crippen molar-refractivity contribution in [1.29, 1.82) is 0 Å². The van der Waals surface area contributed by atoms with Gasteiger partial charge in [0.1, 0.15) is 18.3 Å². The summed E-state index contributed by atoms with van der Waals surface area (Å²) in [6, 6.07) is 0. The summed E-state index contributed by atoms with van der Waals surface area (Å²) in [5.41, 5.74) is 0. The minimum absolute atomic E-state index is 0. The van der Waals surface area contributed by atoms with Crippen LogP contribution >= 0.6 is 0 Å². The van der Waals surface area contributed by atoms with E-state index in [1.165, 1.54) is 0 Å². The Morgan fingerprint density at radius 3 is 1.56 bits per heavy atom. The van der Waals surface area contributed by atoms with Gasteiger partial charge < -0.3 is 28.6 Å². The van der Waals surface area contributed by atoms with Gasteiger partial charge in [0.05, 0.1) is 6.61 Å². The summed E-state index contributed by atoms with van der Waals surface area (Å²) in [4.78, 5) is 0. The third kappa shape index (κ3) is 13.5. The van der Waals surface area contributed by atoms with E-state index in [2.05, 4.69) is 17.3 Å². The maximum Gasteiger partial charge on any atom is 1.00 e. The minimum atomic E-state index is -5.61. The van der Waals surface area contributed by atoms with Crippen molar-refractivity contribution in [1.82, 2.24) is 0 Å². The monoisotopic (exact) mass is 486 g/mol. The van der Waals surface area contributed by atoms with Crippen LogP contribution in [0.3, 0.4) is 0 Å². The first-order chi connectivity index (χ1) is 10.6. The molecule has 0 aromatic heterocycles. The van der Waals surface area contributed by atoms with Crippen LogP contribution in [0, 0.1) is 0 Å². The van der Waals surface area contributed by atoms with Crippen LogP contribution in [0.5, 0.6) is 0 Å². The van der Waals surface area contributed by atoms with Crippen LogP contribution < -0.4 is 88.7 Å². The number of aliphatic hydroxyl groups excluding tert-OH is 2. The number of aliphatic hydroxyl groups is 2. The SMILES string of the molecule is O=S(=O)([O-])OC[C@H]1O[C@@H](O)[C@H](OS(=O)(=O)[O-])[C@@H](OS(=O)(=O)[O-])[C@@H]1O.[Na+].[Na+].[Na+]. The number of ether oxygens (including phenoxy) is 1. The normalized spacial score (nSPS) is 29.0. The predicted octanol–water partition coefficient (Wildman–Crippen LogP) is -13.8. The summed E-state index contributed by atoms with van der Waals surface area (Å²) in [5.74, 6) is 0. The summed E-state index contributed by atoms with van der Waals surface area (Å²) < 4.78 is 110. The number of hydrogen-bond donors (Lipinski definition) is 2. The van der Waals surface area contributed by atoms with Gasteiger partial charge in [0.15, 0.2) is 12.4 Å². The molecule has 1 fully saturated rings. The zero-order valence-corrected chi connectivity index (χ0v) is 22.5. The van der Waals surface area contributed by atoms with Gasteiger partial charge in [0.2, 0.25) is 31.2 Å². The molecule has 0 amide bonds. The summed E-state index contributed by atoms with van der Waals surface area (Å²) in [6.45, 7) is -1.26. The van der Waals surface area contributed by atoms with Crippen LogP contribution in [0.1, 0.15) is 0 Å². The molecule has 0 aliphatic carbocycles. The Balaban J connectivity index is -0.00000192. The molecular formula is C6H9Na3O15S3. The van der Waals surface area contributed by atoms with Gasteiger partial charge in [0.25, 0.3) is 0 Å². The van der Waals surface area contributed by atoms with E-state index in [9.17, 15) is 49.1 Å². The van der Waals surface area contributed by atoms with Gasteiger partial charge in [-0.15, -0.1) is 0 Å². The first kappa shape index (κ1) is 34.1. The molecule has 21 heteroatoms. The smallest absolute Gasteiger partial charge is 0.726 e. The molecular weight excluding hydrogens is 477 g/mol. The summed E-state index contributed by atoms with van der Waals surface area (Å²) >= 11 is 0. The first-order valence-corrected chi connectivity index (χ1v) is 9.49. The van der Waals surface area contributed by atoms with Crippen LogP contribution in [0.4, 0.5) is 0 Å². The van der Waals surface area contributed by atoms with E-state index < -0.39 is 68.5 Å². The minimum Gasteiger partial charge on any atom is -0.726 e. The van der Waals surface area contributed by atoms with E-state index in [0.29, 0.717) is 0 Å². The number of hydrogen-bond acceptors (Lipinski definition) is 15. The Hall–Kier alpha value is 2.49. The van der Waals surface area contributed by atoms with Gasteiger partial charge in [-0.05, 0) is 0 Å². The second-order valence-corrected chi connectivity index (χ2v) is 7.26. The summed E-state index contributed by atoms with van der Waals surface area (Å²) in [5, 5.41) is 19.3. The Labute approximate surface area is 220 Å². The molecule has 27 heavy (non-hydrogen) atoms. The molecule has 1 aliphatic heterocycles. The molecule has 0 aromatic rings. The van der Waals surface area contributed by atoms with Crippen molar-refractivity contribution in [2.75, 3.05) is 6.61 Å². The van der Waals surface area contributed by atoms with Gasteiger partial charge in [-0.3, -0.25) is 12.5 Å². The van der Waals surface area contributed by atoms with Crippen molar-refractivity contribution in [3.63, 3.8) is 0 Å². The fraction of sp³-hybridized carbons (Fsp3) is 1.00. The zero-order valence-electron chi connectivity index (χ0n) is 14.0. The Morgan fingerprint density at radius 2 is 1.19 bits per heavy atom. The van der Waals surface area contributed by atoms with Gasteiger partial charge in [0, 0.05) is 0 Å². The summed E-state index contributed by atoms with van der Waals surface area (Å²) in [7, 11) is -16.5. The van der Waals surface area contributed by atoms with E-state index >= 15 is 0 Å². The van der Waals surface area contributed by atoms with Crippen molar-refractivity contribution < 1.29 is 155 Å². The molecule has 1 aliphatic rings. The molecule has 0 bridgehead atoms. The molecule has 5 atom stereocenters. The van der Waals surface area contributed by atoms with Gasteiger partial charge in [-0.2, -0.15) is 0 Å². The third-order valence-electron chi connectivity index (χ3n) is 2.47. The average molecular weight is 486 g/mol. The largest absolute Gasteiger partial charge is 1.00 e. The van der Waals surface area contributed by atoms with Crippen LogP contribution in [0.2, 0.25) is 0 Å². The molecule has 0 saturated carbocycles. The van der Waals surface area contributed by atoms with Crippen LogP contribution in [-0.2, 0) is 48.5 Å². The molecule has 144 valence electrons.